The number of pyridine rings is 1. The Balaban J connectivity index is 1.69. The molecule has 2 aromatic carbocycles. The van der Waals surface area contributed by atoms with Gasteiger partial charge in [-0.15, -0.1) is 0 Å². The van der Waals surface area contributed by atoms with Crippen LogP contribution < -0.4 is 11.1 Å². The second kappa shape index (κ2) is 10.2. The molecule has 1 heterocycles. The van der Waals surface area contributed by atoms with Crippen LogP contribution in [-0.2, 0) is 11.2 Å². The zero-order valence-corrected chi connectivity index (χ0v) is 18.2. The Morgan fingerprint density at radius 2 is 1.84 bits per heavy atom. The normalized spacial score (nSPS) is 11.7. The molecular weight excluding hydrogens is 413 g/mol. The van der Waals surface area contributed by atoms with E-state index in [1.54, 1.807) is 30.5 Å². The molecule has 3 aromatic rings. The summed E-state index contributed by atoms with van der Waals surface area (Å²) in [5, 5.41) is 3.37. The average Bonchev–Trinajstić information content (AvgIpc) is 2.75. The number of aromatic nitrogens is 1. The average molecular weight is 438 g/mol. The van der Waals surface area contributed by atoms with Crippen LogP contribution in [0.3, 0.4) is 0 Å². The molecule has 0 saturated carbocycles. The van der Waals surface area contributed by atoms with Gasteiger partial charge in [0.15, 0.2) is 0 Å². The molecule has 1 atom stereocenters. The van der Waals surface area contributed by atoms with E-state index in [0.717, 1.165) is 16.0 Å². The first-order valence-electron chi connectivity index (χ1n) is 9.85. The van der Waals surface area contributed by atoms with Gasteiger partial charge in [0.25, 0.3) is 5.91 Å². The number of primary amides is 1. The monoisotopic (exact) mass is 437 g/mol. The number of nitrogens with one attached hydrogen (secondary N) is 1. The molecule has 0 radical (unpaired) electrons. The van der Waals surface area contributed by atoms with E-state index < -0.39 is 11.8 Å². The summed E-state index contributed by atoms with van der Waals surface area (Å²) in [7, 11) is 0. The number of hydrogen-bond acceptors (Lipinski definition) is 4. The third-order valence-corrected chi connectivity index (χ3v) is 6.02. The number of hydrogen-bond donors (Lipinski definition) is 2. The maximum absolute atomic E-state index is 13.1. The largest absolute Gasteiger partial charge is 0.369 e. The van der Waals surface area contributed by atoms with E-state index in [1.807, 2.05) is 26.0 Å². The second-order valence-corrected chi connectivity index (χ2v) is 8.41. The second-order valence-electron chi connectivity index (χ2n) is 7.34. The number of carbonyl (C=O) groups is 2. The zero-order valence-electron chi connectivity index (χ0n) is 17.4. The van der Waals surface area contributed by atoms with Crippen LogP contribution in [0.4, 0.5) is 4.39 Å². The van der Waals surface area contributed by atoms with Gasteiger partial charge in [0.1, 0.15) is 10.8 Å². The summed E-state index contributed by atoms with van der Waals surface area (Å²) in [5.41, 5.74) is 9.07. The van der Waals surface area contributed by atoms with Crippen molar-refractivity contribution in [1.82, 2.24) is 10.3 Å². The molecule has 7 heteroatoms. The molecule has 1 unspecified atom stereocenters. The van der Waals surface area contributed by atoms with E-state index in [1.165, 1.54) is 29.5 Å². The number of halogens is 1. The molecule has 0 aliphatic heterocycles. The lowest BCUT2D eigenvalue weighted by atomic mass is 9.98. The van der Waals surface area contributed by atoms with Crippen LogP contribution >= 0.6 is 11.8 Å². The van der Waals surface area contributed by atoms with E-state index in [2.05, 4.69) is 16.4 Å². The van der Waals surface area contributed by atoms with Gasteiger partial charge in [-0.1, -0.05) is 30.0 Å². The van der Waals surface area contributed by atoms with Crippen LogP contribution in [-0.4, -0.2) is 23.3 Å². The van der Waals surface area contributed by atoms with Crippen LogP contribution in [0.25, 0.3) is 0 Å². The highest BCUT2D eigenvalue weighted by atomic mass is 32.2. The van der Waals surface area contributed by atoms with E-state index in [0.29, 0.717) is 17.0 Å². The van der Waals surface area contributed by atoms with Gasteiger partial charge in [0.05, 0.1) is 11.5 Å². The van der Waals surface area contributed by atoms with Crippen molar-refractivity contribution in [2.75, 3.05) is 6.54 Å². The number of aryl methyl sites for hydroxylation is 2. The molecule has 0 fully saturated rings. The van der Waals surface area contributed by atoms with E-state index in [-0.39, 0.29) is 18.3 Å². The van der Waals surface area contributed by atoms with Crippen molar-refractivity contribution in [3.8, 4) is 0 Å². The summed E-state index contributed by atoms with van der Waals surface area (Å²) in [6.07, 6.45) is 1.95. The molecule has 160 valence electrons. The fourth-order valence-electron chi connectivity index (χ4n) is 3.02. The molecule has 2 amide bonds. The zero-order chi connectivity index (χ0) is 22.4. The van der Waals surface area contributed by atoms with Gasteiger partial charge in [0, 0.05) is 17.6 Å². The topological polar surface area (TPSA) is 85.1 Å². The van der Waals surface area contributed by atoms with Crippen molar-refractivity contribution >= 4 is 23.6 Å². The smallest absolute Gasteiger partial charge is 0.254 e. The van der Waals surface area contributed by atoms with Gasteiger partial charge in [-0.05, 0) is 73.4 Å². The summed E-state index contributed by atoms with van der Waals surface area (Å²) < 4.78 is 13.1. The van der Waals surface area contributed by atoms with E-state index in [4.69, 9.17) is 5.73 Å². The maximum atomic E-state index is 13.1. The number of rotatable bonds is 8. The Labute approximate surface area is 185 Å². The highest BCUT2D eigenvalue weighted by Gasteiger charge is 2.19. The first kappa shape index (κ1) is 22.5. The minimum atomic E-state index is -0.609. The predicted octanol–water partition coefficient (Wildman–Crippen LogP) is 4.06. The Morgan fingerprint density at radius 1 is 1.10 bits per heavy atom. The first-order chi connectivity index (χ1) is 14.8. The minimum Gasteiger partial charge on any atom is -0.369 e. The van der Waals surface area contributed by atoms with Crippen LogP contribution in [0.2, 0.25) is 0 Å². The van der Waals surface area contributed by atoms with Crippen molar-refractivity contribution in [3.05, 3.63) is 88.9 Å². The van der Waals surface area contributed by atoms with Gasteiger partial charge < -0.3 is 11.1 Å². The number of nitrogens with zero attached hydrogens (tertiary/aromatic N) is 1. The van der Waals surface area contributed by atoms with Gasteiger partial charge >= 0.3 is 0 Å². The first-order valence-corrected chi connectivity index (χ1v) is 10.7. The molecule has 1 aromatic heterocycles. The third kappa shape index (κ3) is 6.15. The summed E-state index contributed by atoms with van der Waals surface area (Å²) in [6.45, 7) is 4.16. The Hall–Kier alpha value is -3.19. The molecule has 0 aliphatic rings. The van der Waals surface area contributed by atoms with Crippen molar-refractivity contribution in [1.29, 1.82) is 0 Å². The van der Waals surface area contributed by atoms with Gasteiger partial charge in [-0.3, -0.25) is 9.59 Å². The van der Waals surface area contributed by atoms with Gasteiger partial charge in [0.2, 0.25) is 5.91 Å². The standard InChI is InChI=1S/C24H24FN3O2S/c1-15-5-10-20(12-16(15)2)31-24-21(4-3-11-27-24)23(30)28-14-18(22(26)29)13-17-6-8-19(25)9-7-17/h3-12,18H,13-14H2,1-2H3,(H2,26,29)(H,28,30). The van der Waals surface area contributed by atoms with Crippen LogP contribution in [0.15, 0.2) is 70.7 Å². The Kier molecular flexibility index (Phi) is 7.41. The van der Waals surface area contributed by atoms with Gasteiger partial charge in [-0.25, -0.2) is 9.37 Å². The maximum Gasteiger partial charge on any atom is 0.254 e. The lowest BCUT2D eigenvalue weighted by Crippen LogP contribution is -2.37. The molecule has 0 saturated heterocycles. The number of amides is 2. The number of carbonyl (C=O) groups excluding carboxylic acids is 2. The molecule has 0 spiro atoms. The quantitative estimate of drug-likeness (QED) is 0.557. The molecule has 31 heavy (non-hydrogen) atoms. The Morgan fingerprint density at radius 3 is 2.52 bits per heavy atom. The van der Waals surface area contributed by atoms with Crippen molar-refractivity contribution < 1.29 is 14.0 Å². The number of benzene rings is 2. The Bertz CT molecular complexity index is 1090. The summed E-state index contributed by atoms with van der Waals surface area (Å²) in [6, 6.07) is 15.4. The number of nitrogens with two attached hydrogens (primary N) is 1. The van der Waals surface area contributed by atoms with Crippen LogP contribution in [0, 0.1) is 25.6 Å². The van der Waals surface area contributed by atoms with Crippen LogP contribution in [0.1, 0.15) is 27.0 Å². The fourth-order valence-corrected chi connectivity index (χ4v) is 4.00. The van der Waals surface area contributed by atoms with Crippen molar-refractivity contribution in [2.45, 2.75) is 30.2 Å². The van der Waals surface area contributed by atoms with Gasteiger partial charge in [-0.2, -0.15) is 0 Å². The highest BCUT2D eigenvalue weighted by Crippen LogP contribution is 2.30. The molecule has 0 aliphatic carbocycles. The van der Waals surface area contributed by atoms with E-state index in [9.17, 15) is 14.0 Å². The molecular formula is C24H24FN3O2S. The summed E-state index contributed by atoms with van der Waals surface area (Å²) >= 11 is 1.41. The summed E-state index contributed by atoms with van der Waals surface area (Å²) in [4.78, 5) is 30.1. The highest BCUT2D eigenvalue weighted by molar-refractivity contribution is 7.99. The molecule has 3 rings (SSSR count). The predicted molar refractivity (Wildman–Crippen MR) is 119 cm³/mol. The SMILES string of the molecule is Cc1ccc(Sc2ncccc2C(=O)NCC(Cc2ccc(F)cc2)C(N)=O)cc1C. The minimum absolute atomic E-state index is 0.0776. The third-order valence-electron chi connectivity index (χ3n) is 5.02. The lowest BCUT2D eigenvalue weighted by molar-refractivity contribution is -0.121. The van der Waals surface area contributed by atoms with Crippen molar-refractivity contribution in [3.63, 3.8) is 0 Å². The molecule has 3 N–H and O–H groups in total. The lowest BCUT2D eigenvalue weighted by Gasteiger charge is -2.15. The molecule has 0 bridgehead atoms. The van der Waals surface area contributed by atoms with E-state index >= 15 is 0 Å². The fraction of sp³-hybridized carbons (Fsp3) is 0.208. The molecule has 5 nitrogen and oxygen atoms in total. The van der Waals surface area contributed by atoms with Crippen molar-refractivity contribution in [2.24, 2.45) is 11.7 Å². The van der Waals surface area contributed by atoms with Crippen LogP contribution in [0.5, 0.6) is 0 Å². The summed E-state index contributed by atoms with van der Waals surface area (Å²) in [5.74, 6) is -1.81.